The average molecular weight is 266 g/mol. The van der Waals surface area contributed by atoms with Crippen LogP contribution in [0.4, 0.5) is 0 Å². The third kappa shape index (κ3) is 6.40. The predicted octanol–water partition coefficient (Wildman–Crippen LogP) is -0.0506. The molecule has 1 amide bonds. The van der Waals surface area contributed by atoms with Gasteiger partial charge in [-0.3, -0.25) is 9.59 Å². The van der Waals surface area contributed by atoms with Gasteiger partial charge in [-0.1, -0.05) is 12.2 Å². The average Bonchev–Trinajstić information content (AvgIpc) is 2.35. The highest BCUT2D eigenvalue weighted by Gasteiger charge is 2.21. The Morgan fingerprint density at radius 2 is 2.16 bits per heavy atom. The van der Waals surface area contributed by atoms with Crippen molar-refractivity contribution < 1.29 is 19.4 Å². The summed E-state index contributed by atoms with van der Waals surface area (Å²) in [4.78, 5) is 22.2. The van der Waals surface area contributed by atoms with Gasteiger partial charge in [0.15, 0.2) is 7.98 Å². The van der Waals surface area contributed by atoms with E-state index in [0.717, 1.165) is 12.8 Å². The van der Waals surface area contributed by atoms with E-state index in [1.807, 2.05) is 12.2 Å². The molecule has 0 saturated carbocycles. The normalized spacial score (nSPS) is 25.1. The fraction of sp³-hybridized carbons (Fsp3) is 0.667. The summed E-state index contributed by atoms with van der Waals surface area (Å²) in [5.41, 5.74) is 0. The molecule has 0 spiro atoms. The number of rotatable bonds is 6. The van der Waals surface area contributed by atoms with Crippen molar-refractivity contribution >= 4 is 19.9 Å². The molecule has 7 heteroatoms. The Balaban J connectivity index is 2.42. The minimum atomic E-state index is -1.03. The second kappa shape index (κ2) is 8.71. The fourth-order valence-electron chi connectivity index (χ4n) is 2.01. The number of amides is 1. The second-order valence-electron chi connectivity index (χ2n) is 4.44. The van der Waals surface area contributed by atoms with E-state index in [4.69, 9.17) is 17.8 Å². The molecule has 1 rings (SSSR count). The fourth-order valence-corrected chi connectivity index (χ4v) is 2.01. The number of ether oxygens (including phenoxy) is 1. The van der Waals surface area contributed by atoms with Gasteiger partial charge >= 0.3 is 5.97 Å². The van der Waals surface area contributed by atoms with E-state index in [1.165, 1.54) is 0 Å². The van der Waals surface area contributed by atoms with Gasteiger partial charge < -0.3 is 20.4 Å². The number of aliphatic carboxylic acids is 1. The number of hydrogen-bond acceptors (Lipinski definition) is 4. The molecule has 0 aromatic carbocycles. The molecule has 2 radical (unpaired) electrons. The largest absolute Gasteiger partial charge is 0.480 e. The molecule has 0 saturated heterocycles. The maximum Gasteiger partial charge on any atom is 0.322 e. The van der Waals surface area contributed by atoms with Crippen LogP contribution in [0.5, 0.6) is 0 Å². The van der Waals surface area contributed by atoms with Crippen molar-refractivity contribution in [3.8, 4) is 0 Å². The summed E-state index contributed by atoms with van der Waals surface area (Å²) >= 11 is 0. The molecular weight excluding hydrogens is 247 g/mol. The Bertz CT molecular complexity index is 336. The first kappa shape index (κ1) is 15.7. The van der Waals surface area contributed by atoms with Crippen LogP contribution in [-0.4, -0.2) is 44.3 Å². The molecule has 6 nitrogen and oxygen atoms in total. The van der Waals surface area contributed by atoms with Crippen LogP contribution in [-0.2, 0) is 14.3 Å². The van der Waals surface area contributed by atoms with Crippen molar-refractivity contribution in [3.63, 3.8) is 0 Å². The number of nitrogens with one attached hydrogen (secondary N) is 2. The zero-order chi connectivity index (χ0) is 14.1. The minimum absolute atomic E-state index is 0.0638. The van der Waals surface area contributed by atoms with Crippen molar-refractivity contribution in [1.82, 2.24) is 10.5 Å². The molecule has 0 bridgehead atoms. The molecule has 2 atom stereocenters. The highest BCUT2D eigenvalue weighted by Crippen LogP contribution is 2.20. The van der Waals surface area contributed by atoms with Gasteiger partial charge in [0.2, 0.25) is 5.91 Å². The lowest BCUT2D eigenvalue weighted by Gasteiger charge is -2.21. The number of carboxylic acids is 1. The van der Waals surface area contributed by atoms with Gasteiger partial charge in [0.25, 0.3) is 0 Å². The highest BCUT2D eigenvalue weighted by molar-refractivity contribution is 6.04. The second-order valence-corrected chi connectivity index (χ2v) is 4.44. The topological polar surface area (TPSA) is 87.7 Å². The molecule has 19 heavy (non-hydrogen) atoms. The van der Waals surface area contributed by atoms with Crippen LogP contribution in [0, 0.1) is 5.92 Å². The van der Waals surface area contributed by atoms with Crippen molar-refractivity contribution in [2.75, 3.05) is 13.3 Å². The first-order valence-corrected chi connectivity index (χ1v) is 6.34. The first-order chi connectivity index (χ1) is 9.13. The smallest absolute Gasteiger partial charge is 0.322 e. The molecule has 0 aliphatic heterocycles. The van der Waals surface area contributed by atoms with E-state index in [0.29, 0.717) is 12.8 Å². The van der Waals surface area contributed by atoms with Crippen LogP contribution in [0.25, 0.3) is 0 Å². The summed E-state index contributed by atoms with van der Waals surface area (Å²) in [6, 6.07) is 0. The maximum atomic E-state index is 11.8. The van der Waals surface area contributed by atoms with Gasteiger partial charge in [0.1, 0.15) is 6.54 Å². The molecule has 1 aliphatic rings. The van der Waals surface area contributed by atoms with Crippen LogP contribution >= 0.6 is 0 Å². The summed E-state index contributed by atoms with van der Waals surface area (Å²) in [6.07, 6.45) is 6.78. The quantitative estimate of drug-likeness (QED) is 0.356. The van der Waals surface area contributed by atoms with E-state index in [9.17, 15) is 9.59 Å². The number of carbonyl (C=O) groups excluding carboxylic acids is 1. The molecular formula is C12H19BN2O4. The Labute approximate surface area is 114 Å². The number of carbonyl (C=O) groups is 2. The van der Waals surface area contributed by atoms with Crippen LogP contribution in [0.3, 0.4) is 0 Å². The van der Waals surface area contributed by atoms with Crippen molar-refractivity contribution in [2.45, 2.75) is 31.8 Å². The summed E-state index contributed by atoms with van der Waals surface area (Å²) in [5.74, 6) is -1.40. The molecule has 1 aliphatic carbocycles. The van der Waals surface area contributed by atoms with Crippen LogP contribution in [0.1, 0.15) is 25.7 Å². The summed E-state index contributed by atoms with van der Waals surface area (Å²) in [7, 11) is 5.14. The standard InChI is InChI=1S/C12H19BN2O4/c13-15-8-19-10-4-2-1-3-9(5-6-10)12(18)14-7-11(16)17/h2,4,9-10,15H,1,3,5-8H2,(H,14,18)(H,16,17)/b4-2+. The third-order valence-electron chi connectivity index (χ3n) is 3.00. The van der Waals surface area contributed by atoms with Gasteiger partial charge in [-0.2, -0.15) is 0 Å². The van der Waals surface area contributed by atoms with Gasteiger partial charge in [-0.05, 0) is 25.7 Å². The van der Waals surface area contributed by atoms with Crippen molar-refractivity contribution in [3.05, 3.63) is 12.2 Å². The van der Waals surface area contributed by atoms with Crippen molar-refractivity contribution in [1.29, 1.82) is 0 Å². The predicted molar refractivity (Wildman–Crippen MR) is 70.4 cm³/mol. The van der Waals surface area contributed by atoms with Gasteiger partial charge in [0, 0.05) is 5.92 Å². The highest BCUT2D eigenvalue weighted by atomic mass is 16.5. The molecule has 0 heterocycles. The van der Waals surface area contributed by atoms with Crippen LogP contribution < -0.4 is 10.5 Å². The van der Waals surface area contributed by atoms with Gasteiger partial charge in [-0.15, -0.1) is 0 Å². The van der Waals surface area contributed by atoms with Crippen LogP contribution in [0.15, 0.2) is 12.2 Å². The molecule has 104 valence electrons. The molecule has 0 aromatic heterocycles. The summed E-state index contributed by atoms with van der Waals surface area (Å²) in [6.45, 7) is -0.0763. The van der Waals surface area contributed by atoms with E-state index in [1.54, 1.807) is 0 Å². The lowest BCUT2D eigenvalue weighted by molar-refractivity contribution is -0.138. The zero-order valence-electron chi connectivity index (χ0n) is 10.8. The molecule has 0 aromatic rings. The summed E-state index contributed by atoms with van der Waals surface area (Å²) < 4.78 is 5.45. The summed E-state index contributed by atoms with van der Waals surface area (Å²) in [5, 5.41) is 13.4. The van der Waals surface area contributed by atoms with E-state index < -0.39 is 5.97 Å². The minimum Gasteiger partial charge on any atom is -0.480 e. The monoisotopic (exact) mass is 266 g/mol. The van der Waals surface area contributed by atoms with E-state index >= 15 is 0 Å². The zero-order valence-corrected chi connectivity index (χ0v) is 10.8. The Kier molecular flexibility index (Phi) is 7.21. The molecule has 2 unspecified atom stereocenters. The van der Waals surface area contributed by atoms with Crippen LogP contribution in [0.2, 0.25) is 0 Å². The Morgan fingerprint density at radius 1 is 1.37 bits per heavy atom. The molecule has 0 fully saturated rings. The first-order valence-electron chi connectivity index (χ1n) is 6.34. The SMILES string of the molecule is [B]NCOC1/C=C/CCC(C(=O)NCC(=O)O)CC1. The number of carboxylic acid groups (broad SMARTS) is 1. The van der Waals surface area contributed by atoms with Gasteiger partial charge in [0.05, 0.1) is 12.8 Å². The number of allylic oxidation sites excluding steroid dienone is 1. The molecule has 3 N–H and O–H groups in total. The Morgan fingerprint density at radius 3 is 2.84 bits per heavy atom. The Hall–Kier alpha value is -1.34. The lowest BCUT2D eigenvalue weighted by atomic mass is 9.92. The van der Waals surface area contributed by atoms with E-state index in [-0.39, 0.29) is 31.2 Å². The van der Waals surface area contributed by atoms with Crippen molar-refractivity contribution in [2.24, 2.45) is 5.92 Å². The third-order valence-corrected chi connectivity index (χ3v) is 3.00. The van der Waals surface area contributed by atoms with E-state index in [2.05, 4.69) is 10.5 Å². The maximum absolute atomic E-state index is 11.8. The number of hydrogen-bond donors (Lipinski definition) is 3. The lowest BCUT2D eigenvalue weighted by Crippen LogP contribution is -2.35. The van der Waals surface area contributed by atoms with Gasteiger partial charge in [-0.25, -0.2) is 0 Å².